The molecule has 0 spiro atoms. The minimum atomic E-state index is -0.421. The first-order chi connectivity index (χ1) is 12.2. The molecule has 0 saturated heterocycles. The number of aryl methyl sites for hydroxylation is 1. The highest BCUT2D eigenvalue weighted by Gasteiger charge is 2.18. The Morgan fingerprint density at radius 3 is 2.60 bits per heavy atom. The van der Waals surface area contributed by atoms with Crippen LogP contribution in [0.4, 0.5) is 5.69 Å². The summed E-state index contributed by atoms with van der Waals surface area (Å²) in [5, 5.41) is 3.54. The van der Waals surface area contributed by atoms with Gasteiger partial charge in [0, 0.05) is 11.8 Å². The van der Waals surface area contributed by atoms with Gasteiger partial charge in [-0.1, -0.05) is 37.3 Å². The van der Waals surface area contributed by atoms with Crippen LogP contribution in [-0.2, 0) is 6.42 Å². The molecule has 0 aliphatic rings. The number of carbonyl (C=O) groups excluding carboxylic acids is 1. The van der Waals surface area contributed by atoms with Crippen molar-refractivity contribution in [2.45, 2.75) is 13.3 Å². The van der Waals surface area contributed by atoms with E-state index in [-0.39, 0.29) is 22.4 Å². The number of para-hydroxylation sites is 2. The zero-order chi connectivity index (χ0) is 17.4. The van der Waals surface area contributed by atoms with E-state index in [1.54, 1.807) is 24.3 Å². The van der Waals surface area contributed by atoms with E-state index >= 15 is 0 Å². The van der Waals surface area contributed by atoms with Gasteiger partial charge in [0.15, 0.2) is 5.76 Å². The maximum absolute atomic E-state index is 12.5. The maximum Gasteiger partial charge on any atom is 0.302 e. The Hall–Kier alpha value is -3.34. The summed E-state index contributed by atoms with van der Waals surface area (Å²) in [5.74, 6) is -0.328. The van der Waals surface area contributed by atoms with Crippen LogP contribution in [0.2, 0.25) is 0 Å². The molecule has 5 nitrogen and oxygen atoms in total. The molecule has 4 rings (SSSR count). The Morgan fingerprint density at radius 1 is 1.00 bits per heavy atom. The van der Waals surface area contributed by atoms with E-state index in [1.807, 2.05) is 31.2 Å². The van der Waals surface area contributed by atoms with Crippen molar-refractivity contribution in [2.24, 2.45) is 0 Å². The molecule has 2 aromatic carbocycles. The molecule has 4 aromatic rings. The molecule has 0 radical (unpaired) electrons. The molecule has 0 aliphatic carbocycles. The van der Waals surface area contributed by atoms with Crippen LogP contribution in [0.3, 0.4) is 0 Å². The van der Waals surface area contributed by atoms with Gasteiger partial charge in [-0.2, -0.15) is 0 Å². The number of hydrogen-bond acceptors (Lipinski definition) is 4. The Bertz CT molecular complexity index is 1150. The summed E-state index contributed by atoms with van der Waals surface area (Å²) in [6.45, 7) is 2.01. The van der Waals surface area contributed by atoms with Gasteiger partial charge in [-0.3, -0.25) is 9.59 Å². The first kappa shape index (κ1) is 15.2. The van der Waals surface area contributed by atoms with Crippen LogP contribution < -0.4 is 10.7 Å². The summed E-state index contributed by atoms with van der Waals surface area (Å²) >= 11 is 0. The fourth-order valence-corrected chi connectivity index (χ4v) is 2.84. The van der Waals surface area contributed by atoms with Crippen LogP contribution in [0, 0.1) is 0 Å². The standard InChI is InChI=1S/C20H15NO4/c1-2-12-7-3-5-9-15(12)21-19(23)17-11-14-18(22)13-8-4-6-10-16(13)24-20(14)25-17/h3-11H,2H2,1H3,(H,21,23). The van der Waals surface area contributed by atoms with Crippen molar-refractivity contribution < 1.29 is 13.6 Å². The first-order valence-electron chi connectivity index (χ1n) is 8.02. The van der Waals surface area contributed by atoms with Crippen molar-refractivity contribution in [2.75, 3.05) is 5.32 Å². The number of amides is 1. The Morgan fingerprint density at radius 2 is 1.76 bits per heavy atom. The smallest absolute Gasteiger partial charge is 0.302 e. The molecule has 1 N–H and O–H groups in total. The quantitative estimate of drug-likeness (QED) is 0.605. The number of carbonyl (C=O) groups is 1. The summed E-state index contributed by atoms with van der Waals surface area (Å²) < 4.78 is 11.1. The average Bonchev–Trinajstić information content (AvgIpc) is 3.07. The van der Waals surface area contributed by atoms with Gasteiger partial charge < -0.3 is 14.2 Å². The predicted octanol–water partition coefficient (Wildman–Crippen LogP) is 4.35. The largest absolute Gasteiger partial charge is 0.425 e. The van der Waals surface area contributed by atoms with Gasteiger partial charge in [0.05, 0.1) is 5.39 Å². The lowest BCUT2D eigenvalue weighted by Gasteiger charge is -2.07. The summed E-state index contributed by atoms with van der Waals surface area (Å²) in [6.07, 6.45) is 0.794. The summed E-state index contributed by atoms with van der Waals surface area (Å²) in [5.41, 5.74) is 1.96. The molecule has 2 heterocycles. The van der Waals surface area contributed by atoms with E-state index in [2.05, 4.69) is 5.32 Å². The highest BCUT2D eigenvalue weighted by molar-refractivity contribution is 6.05. The Labute approximate surface area is 142 Å². The number of fused-ring (bicyclic) bond motifs is 2. The number of anilines is 1. The highest BCUT2D eigenvalue weighted by atomic mass is 16.5. The SMILES string of the molecule is CCc1ccccc1NC(=O)c1cc2c(=O)c3ccccc3oc2o1. The van der Waals surface area contributed by atoms with Crippen LogP contribution in [0.25, 0.3) is 22.1 Å². The second kappa shape index (κ2) is 5.94. The van der Waals surface area contributed by atoms with Crippen LogP contribution in [0.15, 0.2) is 68.2 Å². The van der Waals surface area contributed by atoms with Gasteiger partial charge in [0.1, 0.15) is 11.0 Å². The normalized spacial score (nSPS) is 11.1. The van der Waals surface area contributed by atoms with Crippen molar-refractivity contribution in [1.82, 2.24) is 0 Å². The summed E-state index contributed by atoms with van der Waals surface area (Å²) in [6, 6.07) is 15.9. The zero-order valence-corrected chi connectivity index (χ0v) is 13.5. The molecule has 0 unspecified atom stereocenters. The van der Waals surface area contributed by atoms with E-state index in [0.29, 0.717) is 11.0 Å². The van der Waals surface area contributed by atoms with Gasteiger partial charge in [0.25, 0.3) is 5.91 Å². The molecular weight excluding hydrogens is 318 g/mol. The summed E-state index contributed by atoms with van der Waals surface area (Å²) in [7, 11) is 0. The van der Waals surface area contributed by atoms with E-state index in [0.717, 1.165) is 17.7 Å². The fraction of sp³-hybridized carbons (Fsp3) is 0.100. The first-order valence-corrected chi connectivity index (χ1v) is 8.02. The lowest BCUT2D eigenvalue weighted by Crippen LogP contribution is -2.12. The number of benzene rings is 2. The predicted molar refractivity (Wildman–Crippen MR) is 96.0 cm³/mol. The molecule has 25 heavy (non-hydrogen) atoms. The number of rotatable bonds is 3. The van der Waals surface area contributed by atoms with Gasteiger partial charge in [0.2, 0.25) is 5.43 Å². The molecule has 124 valence electrons. The molecule has 1 amide bonds. The van der Waals surface area contributed by atoms with Crippen LogP contribution in [-0.4, -0.2) is 5.91 Å². The fourth-order valence-electron chi connectivity index (χ4n) is 2.84. The maximum atomic E-state index is 12.5. The van der Waals surface area contributed by atoms with Crippen molar-refractivity contribution in [3.8, 4) is 0 Å². The monoisotopic (exact) mass is 333 g/mol. The molecule has 0 aliphatic heterocycles. The zero-order valence-electron chi connectivity index (χ0n) is 13.5. The second-order valence-electron chi connectivity index (χ2n) is 5.70. The van der Waals surface area contributed by atoms with Gasteiger partial charge in [-0.25, -0.2) is 0 Å². The molecule has 5 heteroatoms. The lowest BCUT2D eigenvalue weighted by molar-refractivity contribution is 0.0997. The molecule has 0 bridgehead atoms. The second-order valence-corrected chi connectivity index (χ2v) is 5.70. The number of nitrogens with one attached hydrogen (secondary N) is 1. The molecule has 0 fully saturated rings. The average molecular weight is 333 g/mol. The number of furan rings is 1. The van der Waals surface area contributed by atoms with Gasteiger partial charge >= 0.3 is 5.78 Å². The molecule has 0 atom stereocenters. The minimum Gasteiger partial charge on any atom is -0.425 e. The van der Waals surface area contributed by atoms with Crippen LogP contribution in [0.1, 0.15) is 23.0 Å². The molecule has 2 aromatic heterocycles. The Balaban J connectivity index is 1.76. The van der Waals surface area contributed by atoms with E-state index < -0.39 is 5.91 Å². The number of hydrogen-bond donors (Lipinski definition) is 1. The third-order valence-corrected chi connectivity index (χ3v) is 4.15. The third kappa shape index (κ3) is 2.59. The van der Waals surface area contributed by atoms with Gasteiger partial charge in [-0.05, 0) is 30.2 Å². The third-order valence-electron chi connectivity index (χ3n) is 4.15. The van der Waals surface area contributed by atoms with Crippen LogP contribution >= 0.6 is 0 Å². The van der Waals surface area contributed by atoms with E-state index in [1.165, 1.54) is 6.07 Å². The molecular formula is C20H15NO4. The minimum absolute atomic E-state index is 0.0389. The highest BCUT2D eigenvalue weighted by Crippen LogP contribution is 2.23. The topological polar surface area (TPSA) is 72.5 Å². The molecule has 0 saturated carbocycles. The van der Waals surface area contributed by atoms with Crippen molar-refractivity contribution >= 4 is 33.7 Å². The van der Waals surface area contributed by atoms with Crippen molar-refractivity contribution in [1.29, 1.82) is 0 Å². The van der Waals surface area contributed by atoms with E-state index in [4.69, 9.17) is 8.83 Å². The Kier molecular flexibility index (Phi) is 3.61. The summed E-state index contributed by atoms with van der Waals surface area (Å²) in [4.78, 5) is 25.0. The lowest BCUT2D eigenvalue weighted by atomic mass is 10.1. The van der Waals surface area contributed by atoms with E-state index in [9.17, 15) is 9.59 Å². The van der Waals surface area contributed by atoms with Gasteiger partial charge in [-0.15, -0.1) is 0 Å². The van der Waals surface area contributed by atoms with Crippen LogP contribution in [0.5, 0.6) is 0 Å². The van der Waals surface area contributed by atoms with Crippen molar-refractivity contribution in [3.63, 3.8) is 0 Å². The van der Waals surface area contributed by atoms with Crippen molar-refractivity contribution in [3.05, 3.63) is 76.1 Å².